The van der Waals surface area contributed by atoms with Gasteiger partial charge in [0.25, 0.3) is 0 Å². The number of halogens is 7. The van der Waals surface area contributed by atoms with Gasteiger partial charge in [0.2, 0.25) is 0 Å². The summed E-state index contributed by atoms with van der Waals surface area (Å²) in [5.41, 5.74) is 0. The van der Waals surface area contributed by atoms with E-state index in [1.807, 2.05) is 0 Å². The van der Waals surface area contributed by atoms with Crippen LogP contribution < -0.4 is 10.2 Å². The molecule has 0 aromatic heterocycles. The zero-order chi connectivity index (χ0) is 17.2. The summed E-state index contributed by atoms with van der Waals surface area (Å²) in [5.74, 6) is -6.56. The fourth-order valence-corrected chi connectivity index (χ4v) is 0.597. The summed E-state index contributed by atoms with van der Waals surface area (Å²) in [5, 5.41) is 7.47. The average molecular weight is 561 g/mol. The van der Waals surface area contributed by atoms with Crippen LogP contribution in [0.15, 0.2) is 0 Å². The van der Waals surface area contributed by atoms with Gasteiger partial charge < -0.3 is 27.2 Å². The standard InChI is InChI=1S/2C2HF3O4S.CH3.Cu.HI/c2*3-2(4,1(6)7)10(5,8)9;;;/h2*(H,6,7);1H3;;1H/q;;-1;+2;/p-2. The molecule has 0 aliphatic carbocycles. The van der Waals surface area contributed by atoms with Gasteiger partial charge in [-0.25, -0.2) is 0 Å². The monoisotopic (exact) mass is 560 g/mol. The van der Waals surface area contributed by atoms with Crippen molar-refractivity contribution in [3.63, 3.8) is 0 Å². The van der Waals surface area contributed by atoms with Crippen molar-refractivity contribution >= 4 is 56.4 Å². The molecule has 0 unspecified atom stereocenters. The van der Waals surface area contributed by atoms with Crippen LogP contribution in [0.1, 0.15) is 0 Å². The number of rotatable bonds is 4. The van der Waals surface area contributed by atoms with E-state index in [0.717, 1.165) is 0 Å². The molecule has 0 saturated carbocycles. The summed E-state index contributed by atoms with van der Waals surface area (Å²) in [4.78, 5) is 18.4. The van der Waals surface area contributed by atoms with Crippen molar-refractivity contribution in [1.82, 2.24) is 0 Å². The number of carboxylic acid groups (broad SMARTS) is 2. The Balaban J connectivity index is -0.0000000831. The molecule has 23 heavy (non-hydrogen) atoms. The van der Waals surface area contributed by atoms with E-state index in [4.69, 9.17) is 0 Å². The second kappa shape index (κ2) is 10.5. The molecule has 0 aromatic carbocycles. The SMILES string of the molecule is I.O=C([O-])C(F)(F)S(=O)(=O)F.O=C([O-])C(F)(F)S(=O)(=O)F.[CH3-].[Cu+2]. The van der Waals surface area contributed by atoms with Crippen molar-refractivity contribution in [2.45, 2.75) is 10.5 Å². The van der Waals surface area contributed by atoms with Crippen LogP contribution in [0.25, 0.3) is 0 Å². The Bertz CT molecular complexity index is 550. The molecule has 0 saturated heterocycles. The first-order chi connectivity index (χ1) is 8.39. The van der Waals surface area contributed by atoms with Gasteiger partial charge in [-0.3, -0.25) is 0 Å². The minimum Gasteiger partial charge on any atom is -0.543 e. The van der Waals surface area contributed by atoms with Gasteiger partial charge in [-0.2, -0.15) is 34.4 Å². The molecule has 0 fully saturated rings. The van der Waals surface area contributed by atoms with Crippen LogP contribution in [-0.2, 0) is 47.1 Å². The Morgan fingerprint density at radius 3 is 0.870 bits per heavy atom. The van der Waals surface area contributed by atoms with Gasteiger partial charge in [0.1, 0.15) is 11.9 Å². The first-order valence-electron chi connectivity index (χ1n) is 3.46. The van der Waals surface area contributed by atoms with E-state index >= 15 is 0 Å². The molecular weight excluding hydrogens is 557 g/mol. The first kappa shape index (κ1) is 34.1. The van der Waals surface area contributed by atoms with Gasteiger partial charge in [0.05, 0.1) is 0 Å². The number of carbonyl (C=O) groups excluding carboxylic acids is 2. The van der Waals surface area contributed by atoms with E-state index in [0.29, 0.717) is 0 Å². The molecule has 0 amide bonds. The molecule has 0 bridgehead atoms. The molecule has 0 rings (SSSR count). The van der Waals surface area contributed by atoms with Crippen LogP contribution in [0.3, 0.4) is 0 Å². The molecule has 18 heteroatoms. The number of alkyl halides is 4. The van der Waals surface area contributed by atoms with Crippen LogP contribution in [-0.4, -0.2) is 39.3 Å². The number of carboxylic acids is 2. The summed E-state index contributed by atoms with van der Waals surface area (Å²) in [6.07, 6.45) is 0. The van der Waals surface area contributed by atoms with Crippen LogP contribution in [0, 0.1) is 7.43 Å². The Hall–Kier alpha value is -0.331. The van der Waals surface area contributed by atoms with Crippen LogP contribution in [0.2, 0.25) is 0 Å². The molecule has 0 heterocycles. The third kappa shape index (κ3) is 9.52. The van der Waals surface area contributed by atoms with Crippen molar-refractivity contribution in [2.75, 3.05) is 0 Å². The normalized spacial score (nSPS) is 11.4. The minimum atomic E-state index is -6.40. The molecule has 0 aliphatic rings. The van der Waals surface area contributed by atoms with E-state index in [1.54, 1.807) is 0 Å². The van der Waals surface area contributed by atoms with Gasteiger partial charge >= 0.3 is 48.0 Å². The van der Waals surface area contributed by atoms with Gasteiger partial charge in [-0.05, 0) is 0 Å². The molecule has 0 atom stereocenters. The third-order valence-corrected chi connectivity index (χ3v) is 2.65. The van der Waals surface area contributed by atoms with Crippen molar-refractivity contribution in [3.05, 3.63) is 7.43 Å². The van der Waals surface area contributed by atoms with Crippen LogP contribution in [0.5, 0.6) is 0 Å². The predicted octanol–water partition coefficient (Wildman–Crippen LogP) is -1.68. The Kier molecular flexibility index (Phi) is 15.6. The fourth-order valence-electron chi connectivity index (χ4n) is 0.199. The van der Waals surface area contributed by atoms with E-state index in [9.17, 15) is 62.0 Å². The summed E-state index contributed by atoms with van der Waals surface area (Å²) in [6.45, 7) is 0. The summed E-state index contributed by atoms with van der Waals surface area (Å²) in [7, 11) is -12.8. The smallest absolute Gasteiger partial charge is 0.543 e. The van der Waals surface area contributed by atoms with Crippen molar-refractivity contribution < 1.29 is 79.0 Å². The van der Waals surface area contributed by atoms with Gasteiger partial charge in [-0.1, -0.05) is 7.77 Å². The Labute approximate surface area is 153 Å². The second-order valence-corrected chi connectivity index (χ2v) is 5.26. The Morgan fingerprint density at radius 2 is 0.870 bits per heavy atom. The average Bonchev–Trinajstić information content (AvgIpc) is 2.14. The molecule has 0 spiro atoms. The van der Waals surface area contributed by atoms with Gasteiger partial charge in [0.15, 0.2) is 0 Å². The maximum absolute atomic E-state index is 11.4. The van der Waals surface area contributed by atoms with Crippen molar-refractivity contribution in [3.8, 4) is 0 Å². The zero-order valence-corrected chi connectivity index (χ0v) is 15.0. The molecule has 145 valence electrons. The van der Waals surface area contributed by atoms with E-state index < -0.39 is 42.9 Å². The summed E-state index contributed by atoms with van der Waals surface area (Å²) >= 11 is 0. The summed E-state index contributed by atoms with van der Waals surface area (Å²) in [6, 6.07) is 0. The fraction of sp³-hybridized carbons (Fsp3) is 0.400. The molecule has 8 nitrogen and oxygen atoms in total. The maximum atomic E-state index is 11.4. The molecule has 0 aromatic rings. The number of hydrogen-bond donors (Lipinski definition) is 0. The maximum Gasteiger partial charge on any atom is 2.00 e. The van der Waals surface area contributed by atoms with Gasteiger partial charge in [0, 0.05) is 0 Å². The molecular formula is C5H4CuF6IO8S2-. The number of carbonyl (C=O) groups is 2. The summed E-state index contributed by atoms with van der Waals surface area (Å²) < 4.78 is 105. The number of hydrogen-bond acceptors (Lipinski definition) is 8. The first-order valence-corrected chi connectivity index (χ1v) is 6.22. The van der Waals surface area contributed by atoms with E-state index in [-0.39, 0.29) is 48.5 Å². The quantitative estimate of drug-likeness (QED) is 0.130. The minimum absolute atomic E-state index is 0. The van der Waals surface area contributed by atoms with Crippen molar-refractivity contribution in [1.29, 1.82) is 0 Å². The van der Waals surface area contributed by atoms with Crippen molar-refractivity contribution in [2.24, 2.45) is 0 Å². The van der Waals surface area contributed by atoms with E-state index in [1.165, 1.54) is 0 Å². The van der Waals surface area contributed by atoms with E-state index in [2.05, 4.69) is 0 Å². The van der Waals surface area contributed by atoms with Crippen LogP contribution >= 0.6 is 24.0 Å². The van der Waals surface area contributed by atoms with Gasteiger partial charge in [-0.15, -0.1) is 24.0 Å². The molecule has 0 N–H and O–H groups in total. The molecule has 1 radical (unpaired) electrons. The van der Waals surface area contributed by atoms with Crippen LogP contribution in [0.4, 0.5) is 25.3 Å². The zero-order valence-electron chi connectivity index (χ0n) is 10.1. The number of aliphatic carboxylic acids is 2. The second-order valence-electron chi connectivity index (χ2n) is 2.48. The molecule has 0 aliphatic heterocycles. The largest absolute Gasteiger partial charge is 2.00 e. The third-order valence-electron chi connectivity index (χ3n) is 1.09. The Morgan fingerprint density at radius 1 is 0.739 bits per heavy atom. The predicted molar refractivity (Wildman–Crippen MR) is 61.8 cm³/mol. The topological polar surface area (TPSA) is 149 Å².